The van der Waals surface area contributed by atoms with Crippen molar-refractivity contribution in [2.45, 2.75) is 30.7 Å². The predicted octanol–water partition coefficient (Wildman–Crippen LogP) is 0.353. The highest BCUT2D eigenvalue weighted by Crippen LogP contribution is 2.33. The number of aliphatic hydroxyl groups is 4. The summed E-state index contributed by atoms with van der Waals surface area (Å²) in [4.78, 5) is 13.0. The molecule has 1 fully saturated rings. The van der Waals surface area contributed by atoms with Gasteiger partial charge in [-0.05, 0) is 17.7 Å². The van der Waals surface area contributed by atoms with Crippen LogP contribution in [0.15, 0.2) is 51.9 Å². The van der Waals surface area contributed by atoms with Crippen LogP contribution in [-0.4, -0.2) is 70.0 Å². The Morgan fingerprint density at radius 3 is 2.53 bits per heavy atom. The van der Waals surface area contributed by atoms with E-state index in [1.807, 2.05) is 0 Å². The van der Waals surface area contributed by atoms with Gasteiger partial charge in [-0.25, -0.2) is 0 Å². The number of hydrogen-bond acceptors (Lipinski definition) is 10. The predicted molar refractivity (Wildman–Crippen MR) is 111 cm³/mol. The quantitative estimate of drug-likeness (QED) is 0.370. The average Bonchev–Trinajstić information content (AvgIpc) is 2.79. The number of phenolic OH excluding ortho intramolecular Hbond substituents is 1. The van der Waals surface area contributed by atoms with E-state index in [-0.39, 0.29) is 22.3 Å². The molecule has 0 amide bonds. The Bertz CT molecular complexity index is 1170. The van der Waals surface area contributed by atoms with Crippen molar-refractivity contribution in [1.29, 1.82) is 0 Å². The van der Waals surface area contributed by atoms with Gasteiger partial charge < -0.3 is 44.2 Å². The largest absolute Gasteiger partial charge is 0.507 e. The van der Waals surface area contributed by atoms with Gasteiger partial charge in [0.25, 0.3) is 0 Å². The summed E-state index contributed by atoms with van der Waals surface area (Å²) < 4.78 is 21.5. The van der Waals surface area contributed by atoms with Crippen molar-refractivity contribution >= 4 is 11.0 Å². The summed E-state index contributed by atoms with van der Waals surface area (Å²) in [6.45, 7) is -0.615. The van der Waals surface area contributed by atoms with Crippen molar-refractivity contribution in [3.05, 3.63) is 52.9 Å². The van der Waals surface area contributed by atoms with Gasteiger partial charge in [-0.1, -0.05) is 12.1 Å². The van der Waals surface area contributed by atoms with E-state index < -0.39 is 48.5 Å². The van der Waals surface area contributed by atoms with Gasteiger partial charge >= 0.3 is 0 Å². The highest BCUT2D eigenvalue weighted by molar-refractivity contribution is 5.88. The monoisotopic (exact) mass is 446 g/mol. The van der Waals surface area contributed by atoms with Gasteiger partial charge in [0.2, 0.25) is 11.7 Å². The van der Waals surface area contributed by atoms with Crippen LogP contribution in [0.4, 0.5) is 0 Å². The molecule has 0 spiro atoms. The normalized spacial score (nSPS) is 25.6. The molecule has 1 aliphatic heterocycles. The minimum Gasteiger partial charge on any atom is -0.507 e. The van der Waals surface area contributed by atoms with Gasteiger partial charge in [0, 0.05) is 12.1 Å². The van der Waals surface area contributed by atoms with E-state index in [0.717, 1.165) is 6.07 Å². The molecule has 0 radical (unpaired) electrons. The smallest absolute Gasteiger partial charge is 0.229 e. The standard InChI is InChI=1S/C22H22O10/c1-29-11-4-2-3-10(5-11)13-9-30-15-7-12(6-14(24)17(15)18(13)25)31-22-21(28)20(27)19(26)16(8-23)32-22/h2-7,9,16,19-24,26-28H,8H2,1H3. The highest BCUT2D eigenvalue weighted by atomic mass is 16.7. The second kappa shape index (κ2) is 8.77. The Morgan fingerprint density at radius 2 is 1.81 bits per heavy atom. The van der Waals surface area contributed by atoms with E-state index in [0.29, 0.717) is 11.3 Å². The third-order valence-electron chi connectivity index (χ3n) is 5.31. The third-order valence-corrected chi connectivity index (χ3v) is 5.31. The molecule has 2 heterocycles. The molecule has 10 nitrogen and oxygen atoms in total. The Morgan fingerprint density at radius 1 is 1.03 bits per heavy atom. The molecule has 10 heteroatoms. The number of phenols is 1. The van der Waals surface area contributed by atoms with E-state index in [9.17, 15) is 30.3 Å². The van der Waals surface area contributed by atoms with Crippen molar-refractivity contribution < 1.29 is 44.2 Å². The van der Waals surface area contributed by atoms with Crippen LogP contribution in [0.25, 0.3) is 22.1 Å². The average molecular weight is 446 g/mol. The molecule has 1 saturated heterocycles. The van der Waals surface area contributed by atoms with Crippen molar-refractivity contribution in [3.8, 4) is 28.4 Å². The Balaban J connectivity index is 1.68. The zero-order chi connectivity index (χ0) is 23.0. The minimum atomic E-state index is -1.63. The molecule has 2 aromatic carbocycles. The Labute approximate surface area is 181 Å². The lowest BCUT2D eigenvalue weighted by Gasteiger charge is -2.39. The number of fused-ring (bicyclic) bond motifs is 1. The topological polar surface area (TPSA) is 159 Å². The fraction of sp³-hybridized carbons (Fsp3) is 0.318. The number of aliphatic hydroxyl groups excluding tert-OH is 4. The van der Waals surface area contributed by atoms with Gasteiger partial charge in [-0.15, -0.1) is 0 Å². The number of benzene rings is 2. The van der Waals surface area contributed by atoms with Crippen LogP contribution in [0.2, 0.25) is 0 Å². The molecular formula is C22H22O10. The lowest BCUT2D eigenvalue weighted by Crippen LogP contribution is -2.60. The molecule has 1 aliphatic rings. The maximum absolute atomic E-state index is 13.0. The van der Waals surface area contributed by atoms with Crippen molar-refractivity contribution in [3.63, 3.8) is 0 Å². The fourth-order valence-electron chi connectivity index (χ4n) is 3.56. The molecular weight excluding hydrogens is 424 g/mol. The summed E-state index contributed by atoms with van der Waals surface area (Å²) in [6.07, 6.45) is -6.15. The summed E-state index contributed by atoms with van der Waals surface area (Å²) >= 11 is 0. The van der Waals surface area contributed by atoms with Gasteiger partial charge in [-0.3, -0.25) is 4.79 Å². The van der Waals surface area contributed by atoms with E-state index in [1.165, 1.54) is 19.4 Å². The number of ether oxygens (including phenoxy) is 3. The maximum Gasteiger partial charge on any atom is 0.229 e. The number of rotatable bonds is 5. The first-order valence-corrected chi connectivity index (χ1v) is 9.74. The molecule has 5 N–H and O–H groups in total. The van der Waals surface area contributed by atoms with Crippen LogP contribution in [0.5, 0.6) is 17.2 Å². The summed E-state index contributed by atoms with van der Waals surface area (Å²) in [5.41, 5.74) is 0.299. The van der Waals surface area contributed by atoms with E-state index in [4.69, 9.17) is 18.6 Å². The van der Waals surface area contributed by atoms with Crippen LogP contribution >= 0.6 is 0 Å². The van der Waals surface area contributed by atoms with Gasteiger partial charge in [-0.2, -0.15) is 0 Å². The van der Waals surface area contributed by atoms with Crippen LogP contribution in [0, 0.1) is 0 Å². The number of aromatic hydroxyl groups is 1. The second-order valence-electron chi connectivity index (χ2n) is 7.34. The van der Waals surface area contributed by atoms with Crippen LogP contribution in [0.1, 0.15) is 0 Å². The van der Waals surface area contributed by atoms with E-state index in [1.54, 1.807) is 24.3 Å². The van der Waals surface area contributed by atoms with Crippen molar-refractivity contribution in [1.82, 2.24) is 0 Å². The second-order valence-corrected chi connectivity index (χ2v) is 7.34. The molecule has 1 aromatic heterocycles. The molecule has 3 aromatic rings. The van der Waals surface area contributed by atoms with Crippen LogP contribution < -0.4 is 14.9 Å². The number of hydrogen-bond donors (Lipinski definition) is 5. The zero-order valence-electron chi connectivity index (χ0n) is 16.9. The third kappa shape index (κ3) is 3.90. The Kier molecular flexibility index (Phi) is 6.04. The maximum atomic E-state index is 13.0. The van der Waals surface area contributed by atoms with Crippen molar-refractivity contribution in [2.75, 3.05) is 13.7 Å². The van der Waals surface area contributed by atoms with Gasteiger partial charge in [0.05, 0.1) is 19.3 Å². The van der Waals surface area contributed by atoms with E-state index in [2.05, 4.69) is 0 Å². The van der Waals surface area contributed by atoms with Crippen molar-refractivity contribution in [2.24, 2.45) is 0 Å². The molecule has 170 valence electrons. The molecule has 0 saturated carbocycles. The molecule has 32 heavy (non-hydrogen) atoms. The SMILES string of the molecule is COc1cccc(-c2coc3cc(OC4OC(CO)C(O)C(O)C4O)cc(O)c3c2=O)c1. The molecule has 5 atom stereocenters. The molecule has 5 unspecified atom stereocenters. The molecule has 4 rings (SSSR count). The minimum absolute atomic E-state index is 0.0150. The van der Waals surface area contributed by atoms with E-state index >= 15 is 0 Å². The lowest BCUT2D eigenvalue weighted by molar-refractivity contribution is -0.277. The summed E-state index contributed by atoms with van der Waals surface area (Å²) in [5, 5.41) is 49.6. The fourth-order valence-corrected chi connectivity index (χ4v) is 3.56. The number of methoxy groups -OCH3 is 1. The zero-order valence-corrected chi connectivity index (χ0v) is 16.9. The first-order chi connectivity index (χ1) is 15.3. The van der Waals surface area contributed by atoms with Crippen LogP contribution in [-0.2, 0) is 4.74 Å². The highest BCUT2D eigenvalue weighted by Gasteiger charge is 2.44. The lowest BCUT2D eigenvalue weighted by atomic mass is 9.99. The molecule has 0 aliphatic carbocycles. The Hall–Kier alpha value is -3.15. The van der Waals surface area contributed by atoms with Crippen LogP contribution in [0.3, 0.4) is 0 Å². The summed E-state index contributed by atoms with van der Waals surface area (Å²) in [7, 11) is 1.50. The first kappa shape index (κ1) is 22.1. The van der Waals surface area contributed by atoms with Gasteiger partial charge in [0.15, 0.2) is 0 Å². The summed E-state index contributed by atoms with van der Waals surface area (Å²) in [5.74, 6) is 0.0895. The van der Waals surface area contributed by atoms with Gasteiger partial charge in [0.1, 0.15) is 58.9 Å². The molecule has 0 bridgehead atoms. The summed E-state index contributed by atoms with van der Waals surface area (Å²) in [6, 6.07) is 9.25. The first-order valence-electron chi connectivity index (χ1n) is 9.74.